The molecule has 0 fully saturated rings. The van der Waals surface area contributed by atoms with Gasteiger partial charge in [0.2, 0.25) is 0 Å². The molecular weight excluding hydrogens is 392 g/mol. The summed E-state index contributed by atoms with van der Waals surface area (Å²) in [6, 6.07) is 3.27. The SMILES string of the molecule is Cc1ncc(CNC(=O)c2cnc(CNSc3cc(F)cc(F)c3)cn2)s1. The van der Waals surface area contributed by atoms with Gasteiger partial charge in [-0.15, -0.1) is 11.3 Å². The molecule has 2 N–H and O–H groups in total. The number of hydrogen-bond acceptors (Lipinski definition) is 7. The van der Waals surface area contributed by atoms with Crippen LogP contribution in [0.15, 0.2) is 41.7 Å². The molecule has 0 atom stereocenters. The first kappa shape index (κ1) is 19.3. The second kappa shape index (κ2) is 8.98. The van der Waals surface area contributed by atoms with Crippen molar-refractivity contribution in [2.24, 2.45) is 0 Å². The van der Waals surface area contributed by atoms with Crippen LogP contribution >= 0.6 is 23.3 Å². The van der Waals surface area contributed by atoms with Crippen molar-refractivity contribution in [2.45, 2.75) is 24.9 Å². The van der Waals surface area contributed by atoms with Gasteiger partial charge in [-0.2, -0.15) is 0 Å². The van der Waals surface area contributed by atoms with Crippen molar-refractivity contribution >= 4 is 29.2 Å². The number of nitrogens with one attached hydrogen (secondary N) is 2. The van der Waals surface area contributed by atoms with Gasteiger partial charge < -0.3 is 5.32 Å². The molecule has 0 spiro atoms. The van der Waals surface area contributed by atoms with Crippen LogP contribution in [0.25, 0.3) is 0 Å². The first-order chi connectivity index (χ1) is 13.0. The highest BCUT2D eigenvalue weighted by molar-refractivity contribution is 7.97. The summed E-state index contributed by atoms with van der Waals surface area (Å²) < 4.78 is 29.2. The molecule has 10 heteroatoms. The van der Waals surface area contributed by atoms with Crippen LogP contribution in [0, 0.1) is 18.6 Å². The maximum absolute atomic E-state index is 13.1. The average Bonchev–Trinajstić information content (AvgIpc) is 3.05. The Kier molecular flexibility index (Phi) is 6.43. The summed E-state index contributed by atoms with van der Waals surface area (Å²) in [5.74, 6) is -1.59. The summed E-state index contributed by atoms with van der Waals surface area (Å²) in [5, 5.41) is 3.70. The zero-order chi connectivity index (χ0) is 19.2. The number of halogens is 2. The number of carbonyl (C=O) groups excluding carboxylic acids is 1. The molecule has 1 aromatic carbocycles. The van der Waals surface area contributed by atoms with Gasteiger partial charge in [-0.05, 0) is 31.0 Å². The molecule has 1 amide bonds. The van der Waals surface area contributed by atoms with E-state index in [0.717, 1.165) is 27.9 Å². The number of amides is 1. The molecule has 0 radical (unpaired) electrons. The van der Waals surface area contributed by atoms with Gasteiger partial charge in [0, 0.05) is 22.0 Å². The van der Waals surface area contributed by atoms with Crippen LogP contribution in [0.1, 0.15) is 26.1 Å². The molecule has 2 aromatic heterocycles. The quantitative estimate of drug-likeness (QED) is 0.586. The first-order valence-corrected chi connectivity index (χ1v) is 9.49. The fourth-order valence-electron chi connectivity index (χ4n) is 2.09. The summed E-state index contributed by atoms with van der Waals surface area (Å²) in [4.78, 5) is 25.8. The van der Waals surface area contributed by atoms with Gasteiger partial charge in [0.15, 0.2) is 0 Å². The van der Waals surface area contributed by atoms with Crippen molar-refractivity contribution in [1.29, 1.82) is 0 Å². The summed E-state index contributed by atoms with van der Waals surface area (Å²) in [5.41, 5.74) is 0.800. The summed E-state index contributed by atoms with van der Waals surface area (Å²) >= 11 is 2.60. The number of aromatic nitrogens is 3. The van der Waals surface area contributed by atoms with E-state index < -0.39 is 11.6 Å². The molecule has 3 rings (SSSR count). The molecule has 0 aliphatic heterocycles. The van der Waals surface area contributed by atoms with Crippen LogP contribution in [0.2, 0.25) is 0 Å². The third-order valence-electron chi connectivity index (χ3n) is 3.31. The molecule has 0 saturated carbocycles. The van der Waals surface area contributed by atoms with Gasteiger partial charge in [-0.3, -0.25) is 14.5 Å². The average molecular weight is 407 g/mol. The largest absolute Gasteiger partial charge is 0.346 e. The van der Waals surface area contributed by atoms with Gasteiger partial charge in [0.05, 0.1) is 36.2 Å². The number of hydrogen-bond donors (Lipinski definition) is 2. The minimum atomic E-state index is -0.636. The van der Waals surface area contributed by atoms with E-state index in [9.17, 15) is 13.6 Å². The number of nitrogens with zero attached hydrogens (tertiary/aromatic N) is 3. The van der Waals surface area contributed by atoms with E-state index in [2.05, 4.69) is 25.0 Å². The minimum absolute atomic E-state index is 0.208. The highest BCUT2D eigenvalue weighted by atomic mass is 32.2. The summed E-state index contributed by atoms with van der Waals surface area (Å²) in [6.45, 7) is 2.60. The Balaban J connectivity index is 1.48. The van der Waals surface area contributed by atoms with Crippen molar-refractivity contribution < 1.29 is 13.6 Å². The van der Waals surface area contributed by atoms with E-state index in [-0.39, 0.29) is 11.6 Å². The monoisotopic (exact) mass is 407 g/mol. The Bertz CT molecular complexity index is 913. The van der Waals surface area contributed by atoms with Crippen LogP contribution in [-0.4, -0.2) is 20.9 Å². The molecule has 0 saturated heterocycles. The third-order valence-corrected chi connectivity index (χ3v) is 4.98. The molecule has 27 heavy (non-hydrogen) atoms. The first-order valence-electron chi connectivity index (χ1n) is 7.86. The lowest BCUT2D eigenvalue weighted by molar-refractivity contribution is 0.0946. The smallest absolute Gasteiger partial charge is 0.271 e. The zero-order valence-electron chi connectivity index (χ0n) is 14.2. The van der Waals surface area contributed by atoms with Gasteiger partial charge in [0.25, 0.3) is 5.91 Å². The molecule has 0 bridgehead atoms. The van der Waals surface area contributed by atoms with Crippen molar-refractivity contribution in [3.8, 4) is 0 Å². The Labute approximate surface area is 162 Å². The fourth-order valence-corrected chi connectivity index (χ4v) is 3.55. The van der Waals surface area contributed by atoms with E-state index in [1.165, 1.54) is 35.9 Å². The highest BCUT2D eigenvalue weighted by Crippen LogP contribution is 2.18. The van der Waals surface area contributed by atoms with Crippen LogP contribution < -0.4 is 10.0 Å². The maximum atomic E-state index is 13.1. The van der Waals surface area contributed by atoms with E-state index in [4.69, 9.17) is 0 Å². The fraction of sp³-hybridized carbons (Fsp3) is 0.176. The number of carbonyl (C=O) groups is 1. The summed E-state index contributed by atoms with van der Waals surface area (Å²) in [6.07, 6.45) is 4.59. The Morgan fingerprint density at radius 3 is 2.48 bits per heavy atom. The maximum Gasteiger partial charge on any atom is 0.271 e. The third kappa shape index (κ3) is 5.78. The number of rotatable bonds is 7. The molecule has 3 aromatic rings. The Morgan fingerprint density at radius 1 is 1.07 bits per heavy atom. The normalized spacial score (nSPS) is 10.8. The predicted octanol–water partition coefficient (Wildman–Crippen LogP) is 3.25. The second-order valence-electron chi connectivity index (χ2n) is 5.45. The molecule has 140 valence electrons. The standard InChI is InChI=1S/C17H15F2N5OS2/c1-10-20-7-15(26-10)8-23-17(25)16-9-21-13(5-22-16)6-24-27-14-3-11(18)2-12(19)4-14/h2-5,7,9,24H,6,8H2,1H3,(H,23,25). The summed E-state index contributed by atoms with van der Waals surface area (Å²) in [7, 11) is 0. The van der Waals surface area contributed by atoms with E-state index in [1.54, 1.807) is 6.20 Å². The molecule has 2 heterocycles. The zero-order valence-corrected chi connectivity index (χ0v) is 15.8. The van der Waals surface area contributed by atoms with Crippen LogP contribution in [0.5, 0.6) is 0 Å². The predicted molar refractivity (Wildman–Crippen MR) is 99.1 cm³/mol. The van der Waals surface area contributed by atoms with E-state index in [1.807, 2.05) is 6.92 Å². The van der Waals surface area contributed by atoms with Crippen molar-refractivity contribution in [2.75, 3.05) is 0 Å². The molecule has 0 unspecified atom stereocenters. The van der Waals surface area contributed by atoms with E-state index in [0.29, 0.717) is 23.7 Å². The van der Waals surface area contributed by atoms with Crippen molar-refractivity contribution in [3.05, 3.63) is 69.7 Å². The number of benzene rings is 1. The van der Waals surface area contributed by atoms with Crippen molar-refractivity contribution in [3.63, 3.8) is 0 Å². The van der Waals surface area contributed by atoms with Crippen LogP contribution in [0.3, 0.4) is 0 Å². The van der Waals surface area contributed by atoms with Gasteiger partial charge in [-0.1, -0.05) is 0 Å². The minimum Gasteiger partial charge on any atom is -0.346 e. The number of thiazole rings is 1. The van der Waals surface area contributed by atoms with Crippen LogP contribution in [0.4, 0.5) is 8.78 Å². The highest BCUT2D eigenvalue weighted by Gasteiger charge is 2.09. The second-order valence-corrected chi connectivity index (χ2v) is 7.73. The molecule has 0 aliphatic rings. The van der Waals surface area contributed by atoms with Crippen LogP contribution in [-0.2, 0) is 13.1 Å². The van der Waals surface area contributed by atoms with Gasteiger partial charge in [-0.25, -0.2) is 18.7 Å². The lowest BCUT2D eigenvalue weighted by Gasteiger charge is -2.06. The number of aryl methyl sites for hydroxylation is 1. The van der Waals surface area contributed by atoms with E-state index >= 15 is 0 Å². The van der Waals surface area contributed by atoms with Gasteiger partial charge >= 0.3 is 0 Å². The van der Waals surface area contributed by atoms with Crippen molar-refractivity contribution in [1.82, 2.24) is 25.0 Å². The lowest BCUT2D eigenvalue weighted by Crippen LogP contribution is -2.23. The Morgan fingerprint density at radius 2 is 1.85 bits per heavy atom. The van der Waals surface area contributed by atoms with Gasteiger partial charge in [0.1, 0.15) is 17.3 Å². The topological polar surface area (TPSA) is 79.8 Å². The lowest BCUT2D eigenvalue weighted by atomic mass is 10.3. The molecule has 6 nitrogen and oxygen atoms in total. The Hall–Kier alpha value is -2.43. The molecular formula is C17H15F2N5OS2. The molecule has 0 aliphatic carbocycles.